The minimum absolute atomic E-state index is 0.00447. The zero-order valence-corrected chi connectivity index (χ0v) is 16.4. The van der Waals surface area contributed by atoms with Crippen LogP contribution in [0.15, 0.2) is 48.9 Å². The summed E-state index contributed by atoms with van der Waals surface area (Å²) in [4.78, 5) is 8.09. The molecule has 9 nitrogen and oxygen atoms in total. The number of nitrogens with one attached hydrogen (secondary N) is 1. The Morgan fingerprint density at radius 1 is 1.14 bits per heavy atom. The van der Waals surface area contributed by atoms with E-state index in [1.54, 1.807) is 31.6 Å². The van der Waals surface area contributed by atoms with Gasteiger partial charge < -0.3 is 15.2 Å². The predicted octanol–water partition coefficient (Wildman–Crippen LogP) is 2.31. The minimum Gasteiger partial charge on any atom is -0.493 e. The van der Waals surface area contributed by atoms with Crippen LogP contribution in [0.1, 0.15) is 5.56 Å². The van der Waals surface area contributed by atoms with Crippen molar-refractivity contribution < 1.29 is 22.1 Å². The SMILES string of the molecule is COS(C)(=O)=O.COc1ccc2ccc(C(=N)N)cc2c1Oc1cnccn1. The van der Waals surface area contributed by atoms with Gasteiger partial charge >= 0.3 is 0 Å². The fraction of sp³-hybridized carbons (Fsp3) is 0.167. The number of hydrogen-bond acceptors (Lipinski definition) is 8. The molecule has 0 aliphatic rings. The molecule has 1 aromatic heterocycles. The second-order valence-corrected chi connectivity index (χ2v) is 7.20. The lowest BCUT2D eigenvalue weighted by atomic mass is 10.0. The van der Waals surface area contributed by atoms with Crippen molar-refractivity contribution in [1.82, 2.24) is 9.97 Å². The van der Waals surface area contributed by atoms with E-state index in [1.807, 2.05) is 18.2 Å². The van der Waals surface area contributed by atoms with Crippen LogP contribution in [0.4, 0.5) is 0 Å². The fourth-order valence-electron chi connectivity index (χ4n) is 2.15. The normalized spacial score (nSPS) is 10.7. The molecule has 3 aromatic rings. The molecule has 0 aliphatic carbocycles. The largest absolute Gasteiger partial charge is 0.493 e. The molecule has 0 atom stereocenters. The highest BCUT2D eigenvalue weighted by molar-refractivity contribution is 7.85. The lowest BCUT2D eigenvalue weighted by Crippen LogP contribution is -2.10. The number of fused-ring (bicyclic) bond motifs is 1. The molecule has 0 amide bonds. The topological polar surface area (TPSA) is 137 Å². The van der Waals surface area contributed by atoms with Gasteiger partial charge in [0.2, 0.25) is 5.88 Å². The van der Waals surface area contributed by atoms with Crippen LogP contribution >= 0.6 is 0 Å². The van der Waals surface area contributed by atoms with E-state index in [2.05, 4.69) is 14.2 Å². The maximum Gasteiger partial charge on any atom is 0.264 e. The van der Waals surface area contributed by atoms with Crippen LogP contribution in [0, 0.1) is 5.41 Å². The highest BCUT2D eigenvalue weighted by atomic mass is 32.2. The summed E-state index contributed by atoms with van der Waals surface area (Å²) in [6.45, 7) is 0. The van der Waals surface area contributed by atoms with Gasteiger partial charge in [-0.2, -0.15) is 8.42 Å². The molecule has 0 unspecified atom stereocenters. The van der Waals surface area contributed by atoms with Gasteiger partial charge in [-0.1, -0.05) is 18.2 Å². The average molecular weight is 404 g/mol. The molecule has 28 heavy (non-hydrogen) atoms. The van der Waals surface area contributed by atoms with Crippen LogP contribution in [0.25, 0.3) is 10.8 Å². The Hall–Kier alpha value is -3.24. The van der Waals surface area contributed by atoms with Crippen LogP contribution in [-0.2, 0) is 14.3 Å². The zero-order chi connectivity index (χ0) is 20.7. The van der Waals surface area contributed by atoms with Crippen LogP contribution in [0.3, 0.4) is 0 Å². The number of ether oxygens (including phenoxy) is 2. The van der Waals surface area contributed by atoms with E-state index >= 15 is 0 Å². The first-order valence-corrected chi connectivity index (χ1v) is 9.71. The molecule has 148 valence electrons. The molecule has 3 rings (SSSR count). The van der Waals surface area contributed by atoms with Crippen LogP contribution in [0.2, 0.25) is 0 Å². The van der Waals surface area contributed by atoms with Gasteiger partial charge in [0.15, 0.2) is 11.5 Å². The summed E-state index contributed by atoms with van der Waals surface area (Å²) < 4.78 is 34.7. The first-order chi connectivity index (χ1) is 13.2. The molecule has 0 spiro atoms. The number of aromatic nitrogens is 2. The van der Waals surface area contributed by atoms with Gasteiger partial charge in [-0.3, -0.25) is 14.6 Å². The molecule has 2 aromatic carbocycles. The summed E-state index contributed by atoms with van der Waals surface area (Å²) in [5, 5.41) is 9.32. The van der Waals surface area contributed by atoms with Crippen molar-refractivity contribution in [2.24, 2.45) is 5.73 Å². The molecule has 1 heterocycles. The Morgan fingerprint density at radius 3 is 2.36 bits per heavy atom. The maximum atomic E-state index is 9.78. The quantitative estimate of drug-likeness (QED) is 0.375. The Labute approximate surface area is 162 Å². The molecular weight excluding hydrogens is 384 g/mol. The number of nitrogens with zero attached hydrogens (tertiary/aromatic N) is 2. The highest BCUT2D eigenvalue weighted by Gasteiger charge is 2.13. The zero-order valence-electron chi connectivity index (χ0n) is 15.5. The second kappa shape index (κ2) is 9.11. The standard InChI is InChI=1S/C16H14N4O2.C2H6O3S/c1-21-13-5-4-10-2-3-11(16(17)18)8-12(10)15(13)22-14-9-19-6-7-20-14;1-5-6(2,3)4/h2-9H,1H3,(H3,17,18);1-2H3. The molecule has 3 N–H and O–H groups in total. The van der Waals surface area contributed by atoms with Gasteiger partial charge in [0.1, 0.15) is 5.84 Å². The van der Waals surface area contributed by atoms with Crippen molar-refractivity contribution in [3.05, 3.63) is 54.5 Å². The van der Waals surface area contributed by atoms with E-state index < -0.39 is 10.1 Å². The van der Waals surface area contributed by atoms with Gasteiger partial charge in [-0.15, -0.1) is 0 Å². The number of nitrogens with two attached hydrogens (primary N) is 1. The van der Waals surface area contributed by atoms with Crippen LogP contribution in [-0.4, -0.2) is 44.7 Å². The summed E-state index contributed by atoms with van der Waals surface area (Å²) in [7, 11) is -0.473. The molecule has 0 fully saturated rings. The van der Waals surface area contributed by atoms with E-state index in [0.717, 1.165) is 24.1 Å². The predicted molar refractivity (Wildman–Crippen MR) is 105 cm³/mol. The Bertz CT molecular complexity index is 1070. The molecule has 0 bridgehead atoms. The van der Waals surface area contributed by atoms with Crippen molar-refractivity contribution in [1.29, 1.82) is 5.41 Å². The molecule has 0 saturated carbocycles. The molecular formula is C18H20N4O5S. The van der Waals surface area contributed by atoms with Gasteiger partial charge in [-0.05, 0) is 17.5 Å². The number of hydrogen-bond donors (Lipinski definition) is 2. The Morgan fingerprint density at radius 2 is 1.82 bits per heavy atom. The maximum absolute atomic E-state index is 9.78. The van der Waals surface area contributed by atoms with Crippen LogP contribution in [0.5, 0.6) is 17.4 Å². The van der Waals surface area contributed by atoms with E-state index in [-0.39, 0.29) is 5.84 Å². The third-order valence-corrected chi connectivity index (χ3v) is 4.12. The van der Waals surface area contributed by atoms with E-state index in [0.29, 0.717) is 22.9 Å². The third-order valence-electron chi connectivity index (χ3n) is 3.52. The second-order valence-electron chi connectivity index (χ2n) is 5.46. The van der Waals surface area contributed by atoms with Gasteiger partial charge in [0.05, 0.1) is 26.7 Å². The number of methoxy groups -OCH3 is 1. The summed E-state index contributed by atoms with van der Waals surface area (Å²) >= 11 is 0. The van der Waals surface area contributed by atoms with Gasteiger partial charge in [-0.25, -0.2) is 4.98 Å². The number of amidine groups is 1. The summed E-state index contributed by atoms with van der Waals surface area (Å²) in [5.74, 6) is 1.44. The van der Waals surface area contributed by atoms with Crippen LogP contribution < -0.4 is 15.2 Å². The molecule has 0 aliphatic heterocycles. The fourth-order valence-corrected chi connectivity index (χ4v) is 2.15. The molecule has 0 radical (unpaired) electrons. The lowest BCUT2D eigenvalue weighted by molar-refractivity contribution is 0.376. The minimum atomic E-state index is -3.16. The smallest absolute Gasteiger partial charge is 0.264 e. The van der Waals surface area contributed by atoms with Crippen molar-refractivity contribution >= 4 is 26.7 Å². The number of rotatable bonds is 5. The van der Waals surface area contributed by atoms with Gasteiger partial charge in [0.25, 0.3) is 10.1 Å². The third kappa shape index (κ3) is 5.63. The Balaban J connectivity index is 0.000000409. The summed E-state index contributed by atoms with van der Waals surface area (Å²) in [6.07, 6.45) is 5.63. The highest BCUT2D eigenvalue weighted by Crippen LogP contribution is 2.38. The summed E-state index contributed by atoms with van der Waals surface area (Å²) in [6, 6.07) is 9.22. The van der Waals surface area contributed by atoms with Crippen molar-refractivity contribution in [3.63, 3.8) is 0 Å². The monoisotopic (exact) mass is 404 g/mol. The van der Waals surface area contributed by atoms with Gasteiger partial charge in [0, 0.05) is 23.3 Å². The van der Waals surface area contributed by atoms with Crippen molar-refractivity contribution in [2.45, 2.75) is 0 Å². The average Bonchev–Trinajstić information content (AvgIpc) is 2.68. The number of nitrogen functional groups attached to an aromatic ring is 1. The first-order valence-electron chi connectivity index (χ1n) is 7.89. The Kier molecular flexibility index (Phi) is 6.85. The molecule has 0 saturated heterocycles. The molecule has 10 heteroatoms. The lowest BCUT2D eigenvalue weighted by Gasteiger charge is -2.13. The number of benzene rings is 2. The van der Waals surface area contributed by atoms with Crippen molar-refractivity contribution in [3.8, 4) is 17.4 Å². The van der Waals surface area contributed by atoms with E-state index in [4.69, 9.17) is 20.6 Å². The van der Waals surface area contributed by atoms with E-state index in [9.17, 15) is 8.42 Å². The summed E-state index contributed by atoms with van der Waals surface area (Å²) in [5.41, 5.74) is 6.18. The van der Waals surface area contributed by atoms with E-state index in [1.165, 1.54) is 6.20 Å². The van der Waals surface area contributed by atoms with Crippen molar-refractivity contribution in [2.75, 3.05) is 20.5 Å². The first kappa shape index (κ1) is 21.1.